The van der Waals surface area contributed by atoms with E-state index in [-0.39, 0.29) is 35.4 Å². The summed E-state index contributed by atoms with van der Waals surface area (Å²) in [6.07, 6.45) is 3.28. The number of carbonyl (C=O) groups is 2. The Bertz CT molecular complexity index is 903. The lowest BCUT2D eigenvalue weighted by Crippen LogP contribution is -2.33. The second kappa shape index (κ2) is 8.20. The molecule has 2 heterocycles. The summed E-state index contributed by atoms with van der Waals surface area (Å²) in [7, 11) is 0. The molecule has 0 saturated heterocycles. The smallest absolute Gasteiger partial charge is 0.333 e. The summed E-state index contributed by atoms with van der Waals surface area (Å²) in [6, 6.07) is 3.03. The van der Waals surface area contributed by atoms with Gasteiger partial charge in [0, 0.05) is 18.0 Å². The van der Waals surface area contributed by atoms with Gasteiger partial charge in [0.15, 0.2) is 0 Å². The molecule has 0 spiro atoms. The Balaban J connectivity index is 1.66. The first-order valence-electron chi connectivity index (χ1n) is 9.07. The van der Waals surface area contributed by atoms with Crippen LogP contribution in [0.1, 0.15) is 39.0 Å². The molecular formula is C19H22N4O5. The quantitative estimate of drug-likeness (QED) is 0.687. The predicted molar refractivity (Wildman–Crippen MR) is 97.9 cm³/mol. The van der Waals surface area contributed by atoms with Crippen molar-refractivity contribution in [1.29, 1.82) is 0 Å². The lowest BCUT2D eigenvalue weighted by molar-refractivity contribution is -0.133. The van der Waals surface area contributed by atoms with Crippen LogP contribution in [0.3, 0.4) is 0 Å². The fourth-order valence-electron chi connectivity index (χ4n) is 3.06. The van der Waals surface area contributed by atoms with Crippen molar-refractivity contribution in [3.05, 3.63) is 35.5 Å². The number of allylic oxidation sites excluding steroid dienone is 1. The summed E-state index contributed by atoms with van der Waals surface area (Å²) < 4.78 is 5.19. The van der Waals surface area contributed by atoms with E-state index in [1.807, 2.05) is 6.92 Å². The summed E-state index contributed by atoms with van der Waals surface area (Å²) >= 11 is 0. The predicted octanol–water partition coefficient (Wildman–Crippen LogP) is 2.29. The van der Waals surface area contributed by atoms with E-state index in [2.05, 4.69) is 20.4 Å². The highest BCUT2D eigenvalue weighted by molar-refractivity contribution is 5.89. The van der Waals surface area contributed by atoms with Crippen LogP contribution in [0.2, 0.25) is 0 Å². The van der Waals surface area contributed by atoms with Gasteiger partial charge in [-0.1, -0.05) is 19.0 Å². The molecule has 9 heteroatoms. The zero-order chi connectivity index (χ0) is 20.3. The van der Waals surface area contributed by atoms with Crippen LogP contribution in [0.5, 0.6) is 5.75 Å². The van der Waals surface area contributed by atoms with Crippen LogP contribution in [-0.2, 0) is 16.0 Å². The number of aliphatic carboxylic acids is 1. The lowest BCUT2D eigenvalue weighted by Gasteiger charge is -2.24. The zero-order valence-corrected chi connectivity index (χ0v) is 15.7. The molecule has 9 nitrogen and oxygen atoms in total. The van der Waals surface area contributed by atoms with Crippen molar-refractivity contribution in [2.75, 3.05) is 0 Å². The van der Waals surface area contributed by atoms with Crippen LogP contribution >= 0.6 is 0 Å². The summed E-state index contributed by atoms with van der Waals surface area (Å²) in [5.41, 5.74) is 1.21. The molecule has 2 aromatic heterocycles. The van der Waals surface area contributed by atoms with E-state index in [4.69, 9.17) is 4.52 Å². The van der Waals surface area contributed by atoms with Gasteiger partial charge in [0.2, 0.25) is 17.6 Å². The molecule has 0 radical (unpaired) electrons. The van der Waals surface area contributed by atoms with E-state index in [0.29, 0.717) is 30.2 Å². The van der Waals surface area contributed by atoms with Crippen molar-refractivity contribution < 1.29 is 24.3 Å². The largest absolute Gasteiger partial charge is 0.506 e. The summed E-state index contributed by atoms with van der Waals surface area (Å²) in [5, 5.41) is 25.2. The van der Waals surface area contributed by atoms with E-state index >= 15 is 0 Å². The van der Waals surface area contributed by atoms with E-state index < -0.39 is 11.9 Å². The second-order valence-corrected chi connectivity index (χ2v) is 7.12. The molecule has 1 aliphatic carbocycles. The fourth-order valence-corrected chi connectivity index (χ4v) is 3.06. The van der Waals surface area contributed by atoms with E-state index in [1.54, 1.807) is 13.0 Å². The van der Waals surface area contributed by atoms with Gasteiger partial charge in [-0.2, -0.15) is 4.98 Å². The van der Waals surface area contributed by atoms with Crippen LogP contribution in [0.15, 0.2) is 34.1 Å². The van der Waals surface area contributed by atoms with Crippen molar-refractivity contribution in [3.8, 4) is 17.3 Å². The molecule has 148 valence electrons. The number of carbonyl (C=O) groups excluding carboxylic acids is 1. The van der Waals surface area contributed by atoms with Crippen LogP contribution in [-0.4, -0.2) is 37.2 Å². The first-order chi connectivity index (χ1) is 13.3. The maximum Gasteiger partial charge on any atom is 0.333 e. The van der Waals surface area contributed by atoms with Crippen molar-refractivity contribution >= 4 is 11.9 Å². The average Bonchev–Trinajstić information content (AvgIpc) is 3.10. The molecular weight excluding hydrogens is 364 g/mol. The van der Waals surface area contributed by atoms with Gasteiger partial charge >= 0.3 is 5.97 Å². The molecule has 0 fully saturated rings. The minimum absolute atomic E-state index is 0.0322. The minimum Gasteiger partial charge on any atom is -0.506 e. The van der Waals surface area contributed by atoms with Crippen molar-refractivity contribution in [2.45, 2.75) is 39.5 Å². The number of rotatable bonds is 6. The number of hydrogen-bond acceptors (Lipinski definition) is 7. The Morgan fingerprint density at radius 1 is 1.39 bits per heavy atom. The molecule has 0 aromatic carbocycles. The molecule has 1 amide bonds. The first-order valence-corrected chi connectivity index (χ1v) is 9.07. The molecule has 2 aromatic rings. The van der Waals surface area contributed by atoms with Gasteiger partial charge < -0.3 is 20.1 Å². The highest BCUT2D eigenvalue weighted by Gasteiger charge is 2.26. The van der Waals surface area contributed by atoms with Gasteiger partial charge in [0.1, 0.15) is 11.4 Å². The third kappa shape index (κ3) is 4.54. The maximum absolute atomic E-state index is 12.5. The number of aromatic nitrogens is 3. The molecule has 0 aliphatic heterocycles. The van der Waals surface area contributed by atoms with E-state index in [9.17, 15) is 19.8 Å². The third-order valence-electron chi connectivity index (χ3n) is 4.71. The van der Waals surface area contributed by atoms with Crippen molar-refractivity contribution in [1.82, 2.24) is 20.4 Å². The van der Waals surface area contributed by atoms with E-state index in [0.717, 1.165) is 6.42 Å². The number of hydrogen-bond donors (Lipinski definition) is 3. The number of nitrogens with one attached hydrogen (secondary N) is 1. The van der Waals surface area contributed by atoms with Crippen LogP contribution in [0.25, 0.3) is 11.5 Å². The zero-order valence-electron chi connectivity index (χ0n) is 15.7. The number of aromatic hydroxyl groups is 1. The highest BCUT2D eigenvalue weighted by Crippen LogP contribution is 2.28. The van der Waals surface area contributed by atoms with Crippen molar-refractivity contribution in [2.24, 2.45) is 11.8 Å². The Hall–Kier alpha value is -3.23. The highest BCUT2D eigenvalue weighted by atomic mass is 16.5. The van der Waals surface area contributed by atoms with Gasteiger partial charge in [-0.25, -0.2) is 9.78 Å². The average molecular weight is 386 g/mol. The number of amides is 1. The summed E-state index contributed by atoms with van der Waals surface area (Å²) in [5.74, 6) is -0.865. The standard InChI is InChI=1S/C19H22N4O5/c1-10-3-5-13(19(26)27)15(7-10)21-18(25)11(2)8-16-22-17(23-28-16)14-6-4-12(24)9-20-14/h4,6,9-11,24H,3,5,7-8H2,1-2H3,(H,21,25)(H,26,27)/t10-,11?/m0/s1. The molecule has 0 saturated carbocycles. The number of carboxylic acid groups (broad SMARTS) is 1. The number of nitrogens with zero attached hydrogens (tertiary/aromatic N) is 3. The number of carboxylic acids is 1. The van der Waals surface area contributed by atoms with Crippen LogP contribution in [0, 0.1) is 11.8 Å². The number of pyridine rings is 1. The molecule has 2 atom stereocenters. The SMILES string of the molecule is CC(Cc1nc(-c2ccc(O)cn2)no1)C(=O)NC1=C(C(=O)O)CC[C@H](C)C1. The van der Waals surface area contributed by atoms with Gasteiger partial charge in [-0.15, -0.1) is 0 Å². The molecule has 0 bridgehead atoms. The molecule has 1 unspecified atom stereocenters. The van der Waals surface area contributed by atoms with Gasteiger partial charge in [0.05, 0.1) is 11.8 Å². The van der Waals surface area contributed by atoms with Gasteiger partial charge in [0.25, 0.3) is 0 Å². The summed E-state index contributed by atoms with van der Waals surface area (Å²) in [6.45, 7) is 3.75. The van der Waals surface area contributed by atoms with Crippen molar-refractivity contribution in [3.63, 3.8) is 0 Å². The second-order valence-electron chi connectivity index (χ2n) is 7.12. The summed E-state index contributed by atoms with van der Waals surface area (Å²) in [4.78, 5) is 32.2. The van der Waals surface area contributed by atoms with E-state index in [1.165, 1.54) is 12.3 Å². The van der Waals surface area contributed by atoms with Gasteiger partial charge in [-0.3, -0.25) is 4.79 Å². The minimum atomic E-state index is -0.988. The lowest BCUT2D eigenvalue weighted by atomic mass is 9.88. The molecule has 28 heavy (non-hydrogen) atoms. The molecule has 3 N–H and O–H groups in total. The van der Waals surface area contributed by atoms with Gasteiger partial charge in [-0.05, 0) is 37.3 Å². The Morgan fingerprint density at radius 2 is 2.18 bits per heavy atom. The fraction of sp³-hybridized carbons (Fsp3) is 0.421. The Morgan fingerprint density at radius 3 is 2.86 bits per heavy atom. The third-order valence-corrected chi connectivity index (χ3v) is 4.71. The Labute approximate surface area is 161 Å². The van der Waals surface area contributed by atoms with Crippen LogP contribution in [0.4, 0.5) is 0 Å². The molecule has 3 rings (SSSR count). The topological polar surface area (TPSA) is 138 Å². The monoisotopic (exact) mass is 386 g/mol. The normalized spacial score (nSPS) is 18.0. The Kier molecular flexibility index (Phi) is 5.72. The first kappa shape index (κ1) is 19.5. The maximum atomic E-state index is 12.5. The van der Waals surface area contributed by atoms with Crippen LogP contribution < -0.4 is 5.32 Å². The molecule has 1 aliphatic rings.